The van der Waals surface area contributed by atoms with Crippen molar-refractivity contribution in [1.82, 2.24) is 35.0 Å². The summed E-state index contributed by atoms with van der Waals surface area (Å²) >= 11 is 1.67. The highest BCUT2D eigenvalue weighted by molar-refractivity contribution is 7.14. The molecule has 4 aromatic heterocycles. The minimum atomic E-state index is -1.16. The molecule has 0 radical (unpaired) electrons. The molecule has 43 heavy (non-hydrogen) atoms. The summed E-state index contributed by atoms with van der Waals surface area (Å²) in [6.07, 6.45) is 10.4. The molecule has 2 N–H and O–H groups in total. The average Bonchev–Trinajstić information content (AvgIpc) is 3.71. The van der Waals surface area contributed by atoms with Gasteiger partial charge in [0.05, 0.1) is 66.3 Å². The third-order valence-electron chi connectivity index (χ3n) is 7.84. The van der Waals surface area contributed by atoms with Gasteiger partial charge in [-0.15, -0.1) is 10.2 Å². The minimum absolute atomic E-state index is 0.379. The minimum Gasteiger partial charge on any atom is -0.379 e. The highest BCUT2D eigenvalue weighted by Gasteiger charge is 2.23. The molecule has 1 aliphatic carbocycles. The number of aromatic nitrogens is 6. The van der Waals surface area contributed by atoms with Crippen LogP contribution in [0.2, 0.25) is 25.7 Å². The summed E-state index contributed by atoms with van der Waals surface area (Å²) in [6.45, 7) is 12.2. The van der Waals surface area contributed by atoms with Crippen molar-refractivity contribution in [2.45, 2.75) is 63.8 Å². The van der Waals surface area contributed by atoms with E-state index in [4.69, 9.17) is 19.4 Å². The van der Waals surface area contributed by atoms with Gasteiger partial charge >= 0.3 is 0 Å². The van der Waals surface area contributed by atoms with Gasteiger partial charge in [-0.05, 0) is 31.0 Å². The first-order valence-electron chi connectivity index (χ1n) is 15.2. The summed E-state index contributed by atoms with van der Waals surface area (Å²) < 4.78 is 11.4. The van der Waals surface area contributed by atoms with Crippen molar-refractivity contribution in [2.24, 2.45) is 0 Å². The van der Waals surface area contributed by atoms with Gasteiger partial charge in [0, 0.05) is 33.7 Å². The number of nitrogens with one attached hydrogen (secondary N) is 2. The molecule has 0 spiro atoms. The lowest BCUT2D eigenvalue weighted by molar-refractivity contribution is 0.0330. The first-order chi connectivity index (χ1) is 20.9. The quantitative estimate of drug-likeness (QED) is 0.112. The van der Waals surface area contributed by atoms with Gasteiger partial charge in [0.25, 0.3) is 0 Å². The van der Waals surface area contributed by atoms with Gasteiger partial charge in [-0.3, -0.25) is 9.88 Å². The molecule has 0 atom stereocenters. The predicted molar refractivity (Wildman–Crippen MR) is 174 cm³/mol. The van der Waals surface area contributed by atoms with Crippen LogP contribution in [0.25, 0.3) is 21.6 Å². The highest BCUT2D eigenvalue weighted by atomic mass is 32.1. The van der Waals surface area contributed by atoms with Gasteiger partial charge in [0.2, 0.25) is 0 Å². The molecule has 4 aromatic rings. The van der Waals surface area contributed by atoms with Gasteiger partial charge in [-0.1, -0.05) is 43.8 Å². The topological polar surface area (TPSA) is 123 Å². The van der Waals surface area contributed by atoms with Crippen LogP contribution in [-0.4, -0.2) is 82.7 Å². The first kappa shape index (κ1) is 29.9. The van der Waals surface area contributed by atoms with Crippen LogP contribution in [0.5, 0.6) is 0 Å². The Balaban J connectivity index is 1.20. The summed E-state index contributed by atoms with van der Waals surface area (Å²) in [6, 6.07) is 5.17. The molecule has 1 saturated carbocycles. The Bertz CT molecular complexity index is 1500. The maximum Gasteiger partial charge on any atom is 0.151 e. The van der Waals surface area contributed by atoms with E-state index in [0.29, 0.717) is 12.6 Å². The predicted octanol–water partition coefficient (Wildman–Crippen LogP) is 5.90. The molecule has 0 bridgehead atoms. The molecule has 0 amide bonds. The average molecular weight is 620 g/mol. The molecule has 0 unspecified atom stereocenters. The molecule has 228 valence electrons. The van der Waals surface area contributed by atoms with E-state index >= 15 is 0 Å². The summed E-state index contributed by atoms with van der Waals surface area (Å²) in [4.78, 5) is 21.2. The molecule has 2 aliphatic rings. The van der Waals surface area contributed by atoms with E-state index in [1.807, 2.05) is 24.7 Å². The number of rotatable bonds is 12. The Hall–Kier alpha value is -3.10. The number of morpholine rings is 1. The Labute approximate surface area is 257 Å². The van der Waals surface area contributed by atoms with E-state index in [9.17, 15) is 0 Å². The van der Waals surface area contributed by atoms with Gasteiger partial charge in [-0.2, -0.15) is 0 Å². The second-order valence-corrected chi connectivity index (χ2v) is 19.1. The van der Waals surface area contributed by atoms with Crippen LogP contribution in [0.3, 0.4) is 0 Å². The van der Waals surface area contributed by atoms with Crippen LogP contribution >= 0.6 is 11.3 Å². The lowest BCUT2D eigenvalue weighted by Crippen LogP contribution is -2.36. The summed E-state index contributed by atoms with van der Waals surface area (Å²) in [7, 11) is -1.16. The van der Waals surface area contributed by atoms with E-state index < -0.39 is 8.07 Å². The fourth-order valence-electron chi connectivity index (χ4n) is 5.29. The van der Waals surface area contributed by atoms with Crippen molar-refractivity contribution in [2.75, 3.05) is 50.3 Å². The van der Waals surface area contributed by atoms with Crippen molar-refractivity contribution in [3.63, 3.8) is 0 Å². The van der Waals surface area contributed by atoms with Crippen molar-refractivity contribution in [3.8, 4) is 10.6 Å². The molecule has 5 heterocycles. The molecule has 1 aliphatic heterocycles. The number of pyridine rings is 2. The van der Waals surface area contributed by atoms with Crippen molar-refractivity contribution < 1.29 is 9.47 Å². The SMILES string of the molecule is C[Si](C)(C)CCOCNc1nc2cc(Nc3cnc(CN4CCOCC4)nc3)cnc2cc1-c1nnc(C2CCCC2)s1. The fourth-order valence-corrected chi connectivity index (χ4v) is 7.08. The lowest BCUT2D eigenvalue weighted by atomic mass is 10.1. The molecule has 11 nitrogen and oxygen atoms in total. The largest absolute Gasteiger partial charge is 0.379 e. The van der Waals surface area contributed by atoms with Crippen LogP contribution in [0.4, 0.5) is 17.2 Å². The van der Waals surface area contributed by atoms with E-state index in [1.54, 1.807) is 11.3 Å². The number of hydrogen-bond acceptors (Lipinski definition) is 12. The monoisotopic (exact) mass is 619 g/mol. The number of anilines is 3. The number of ether oxygens (including phenoxy) is 2. The number of hydrogen-bond donors (Lipinski definition) is 2. The molecule has 0 aromatic carbocycles. The zero-order valence-corrected chi connectivity index (χ0v) is 27.1. The second kappa shape index (κ2) is 13.7. The maximum atomic E-state index is 5.96. The van der Waals surface area contributed by atoms with Crippen LogP contribution in [-0.2, 0) is 16.0 Å². The summed E-state index contributed by atoms with van der Waals surface area (Å²) in [5.74, 6) is 2.04. The van der Waals surface area contributed by atoms with Crippen LogP contribution in [0.15, 0.2) is 30.7 Å². The fraction of sp³-hybridized carbons (Fsp3) is 0.533. The van der Waals surface area contributed by atoms with Crippen molar-refractivity contribution in [1.29, 1.82) is 0 Å². The molecule has 13 heteroatoms. The van der Waals surface area contributed by atoms with Gasteiger partial charge < -0.3 is 20.1 Å². The van der Waals surface area contributed by atoms with E-state index in [-0.39, 0.29) is 0 Å². The number of fused-ring (bicyclic) bond motifs is 1. The standard InChI is InChI=1S/C30H41N9O2SSi/c1-43(2,3)13-12-41-20-34-28-24(30-38-37-29(42-30)21-6-4-5-7-21)15-25-26(36-28)14-22(16-31-25)35-23-17-32-27(33-18-23)19-39-8-10-40-11-9-39/h14-18,21,35H,4-13,19-20H2,1-3H3,(H,34,36). The normalized spacial score (nSPS) is 16.6. The van der Waals surface area contributed by atoms with Gasteiger partial charge in [0.1, 0.15) is 23.4 Å². The molecule has 1 saturated heterocycles. The Morgan fingerprint density at radius 3 is 2.51 bits per heavy atom. The van der Waals surface area contributed by atoms with Gasteiger partial charge in [-0.25, -0.2) is 15.0 Å². The third kappa shape index (κ3) is 8.09. The number of nitrogens with zero attached hydrogens (tertiary/aromatic N) is 7. The molecule has 2 fully saturated rings. The van der Waals surface area contributed by atoms with Crippen LogP contribution in [0, 0.1) is 0 Å². The zero-order valence-electron chi connectivity index (χ0n) is 25.3. The first-order valence-corrected chi connectivity index (χ1v) is 19.8. The Morgan fingerprint density at radius 2 is 1.74 bits per heavy atom. The van der Waals surface area contributed by atoms with E-state index in [0.717, 1.165) is 95.1 Å². The van der Waals surface area contributed by atoms with Crippen molar-refractivity contribution >= 4 is 47.6 Å². The van der Waals surface area contributed by atoms with E-state index in [2.05, 4.69) is 61.4 Å². The zero-order chi connectivity index (χ0) is 29.6. The maximum absolute atomic E-state index is 5.96. The second-order valence-electron chi connectivity index (χ2n) is 12.5. The molecular weight excluding hydrogens is 579 g/mol. The van der Waals surface area contributed by atoms with E-state index in [1.165, 1.54) is 25.7 Å². The van der Waals surface area contributed by atoms with Crippen molar-refractivity contribution in [3.05, 3.63) is 41.6 Å². The third-order valence-corrected chi connectivity index (χ3v) is 10.7. The summed E-state index contributed by atoms with van der Waals surface area (Å²) in [5, 5.41) is 17.9. The Morgan fingerprint density at radius 1 is 0.977 bits per heavy atom. The Kier molecular flexibility index (Phi) is 9.53. The lowest BCUT2D eigenvalue weighted by Gasteiger charge is -2.25. The van der Waals surface area contributed by atoms with Crippen LogP contribution in [0.1, 0.15) is 42.4 Å². The van der Waals surface area contributed by atoms with Crippen LogP contribution < -0.4 is 10.6 Å². The molecular formula is C30H41N9O2SSi. The van der Waals surface area contributed by atoms with Gasteiger partial charge in [0.15, 0.2) is 5.01 Å². The summed E-state index contributed by atoms with van der Waals surface area (Å²) in [5.41, 5.74) is 4.07. The smallest absolute Gasteiger partial charge is 0.151 e. The molecule has 6 rings (SSSR count). The highest BCUT2D eigenvalue weighted by Crippen LogP contribution is 2.39.